The minimum atomic E-state index is -0.800. The van der Waals surface area contributed by atoms with Crippen molar-refractivity contribution in [1.82, 2.24) is 0 Å². The molecule has 1 atom stereocenters. The van der Waals surface area contributed by atoms with Crippen LogP contribution in [0.1, 0.15) is 265 Å². The summed E-state index contributed by atoms with van der Waals surface area (Å²) in [6, 6.07) is 0. The third-order valence-corrected chi connectivity index (χ3v) is 12.3. The lowest BCUT2D eigenvalue weighted by molar-refractivity contribution is -0.167. The van der Waals surface area contributed by atoms with Crippen molar-refractivity contribution in [1.29, 1.82) is 0 Å². The van der Waals surface area contributed by atoms with Crippen LogP contribution in [0, 0.1) is 0 Å². The molecule has 0 aromatic heterocycles. The van der Waals surface area contributed by atoms with Gasteiger partial charge in [0.25, 0.3) is 0 Å². The van der Waals surface area contributed by atoms with E-state index in [1.165, 1.54) is 89.9 Å². The van der Waals surface area contributed by atoms with E-state index in [2.05, 4.69) is 130 Å². The highest BCUT2D eigenvalue weighted by atomic mass is 16.6. The number of hydrogen-bond acceptors (Lipinski definition) is 6. The van der Waals surface area contributed by atoms with E-state index in [1.54, 1.807) is 0 Å². The van der Waals surface area contributed by atoms with E-state index >= 15 is 0 Å². The molecule has 0 radical (unpaired) electrons. The number of carbonyl (C=O) groups excluding carboxylic acids is 3. The Morgan fingerprint density at radius 1 is 0.296 bits per heavy atom. The molecule has 0 saturated heterocycles. The van der Waals surface area contributed by atoms with E-state index in [9.17, 15) is 14.4 Å². The highest BCUT2D eigenvalue weighted by Crippen LogP contribution is 2.15. The van der Waals surface area contributed by atoms with Gasteiger partial charge in [-0.25, -0.2) is 0 Å². The highest BCUT2D eigenvalue weighted by molar-refractivity contribution is 5.71. The van der Waals surface area contributed by atoms with Crippen molar-refractivity contribution in [3.8, 4) is 0 Å². The molecule has 0 aromatic rings. The molecule has 6 nitrogen and oxygen atoms in total. The van der Waals surface area contributed by atoms with Gasteiger partial charge in [0.15, 0.2) is 6.10 Å². The first-order chi connectivity index (χ1) is 35.0. The average Bonchev–Trinajstić information content (AvgIpc) is 3.37. The summed E-state index contributed by atoms with van der Waals surface area (Å²) < 4.78 is 16.8. The zero-order valence-electron chi connectivity index (χ0n) is 46.2. The molecule has 0 bridgehead atoms. The van der Waals surface area contributed by atoms with Gasteiger partial charge in [-0.15, -0.1) is 0 Å². The summed E-state index contributed by atoms with van der Waals surface area (Å²) in [4.78, 5) is 38.2. The third kappa shape index (κ3) is 56.9. The van der Waals surface area contributed by atoms with Crippen LogP contribution in [0.2, 0.25) is 0 Å². The highest BCUT2D eigenvalue weighted by Gasteiger charge is 2.19. The second-order valence-corrected chi connectivity index (χ2v) is 19.2. The number of unbranched alkanes of at least 4 members (excludes halogenated alkanes) is 23. The molecule has 0 aliphatic carbocycles. The fourth-order valence-corrected chi connectivity index (χ4v) is 7.85. The molecule has 0 aliphatic rings. The third-order valence-electron chi connectivity index (χ3n) is 12.3. The second-order valence-electron chi connectivity index (χ2n) is 19.2. The summed E-state index contributed by atoms with van der Waals surface area (Å²) in [5, 5.41) is 0. The normalized spacial score (nSPS) is 12.9. The Morgan fingerprint density at radius 3 is 0.915 bits per heavy atom. The van der Waals surface area contributed by atoms with Crippen LogP contribution >= 0.6 is 0 Å². The second kappa shape index (κ2) is 58.6. The van der Waals surface area contributed by atoms with Crippen LogP contribution in [0.4, 0.5) is 0 Å². The smallest absolute Gasteiger partial charge is 0.306 e. The number of ether oxygens (including phenoxy) is 3. The fraction of sp³-hybridized carbons (Fsp3) is 0.677. The Labute approximate surface area is 438 Å². The molecule has 404 valence electrons. The minimum absolute atomic E-state index is 0.0938. The monoisotopic (exact) mass is 985 g/mol. The number of esters is 3. The molecule has 0 heterocycles. The van der Waals surface area contributed by atoms with Gasteiger partial charge in [-0.1, -0.05) is 252 Å². The Morgan fingerprint density at radius 2 is 0.563 bits per heavy atom. The van der Waals surface area contributed by atoms with Crippen molar-refractivity contribution in [3.05, 3.63) is 109 Å². The standard InChI is InChI=1S/C65H108O6/c1-4-7-10-13-16-19-22-25-28-29-30-31-32-33-34-35-36-37-38-41-43-46-49-52-55-58-64(67)70-61-62(71-65(68)59-56-53-50-47-44-40-27-24-21-18-15-12-9-6-3)60-69-63(66)57-54-51-48-45-42-39-26-23-20-17-14-11-8-5-2/h7,10,15-16,18-19,24-25,27-28,30-31,33-34,36-37,41,43,62H,4-6,8-9,11-14,17,20-23,26,29,32,35,38-40,42,44-61H2,1-3H3/b10-7-,18-15-,19-16-,27-24-,28-25-,31-30-,34-33-,37-36-,43-41-. The Bertz CT molecular complexity index is 1460. The molecule has 0 spiro atoms. The molecule has 1 unspecified atom stereocenters. The first-order valence-electron chi connectivity index (χ1n) is 29.4. The number of allylic oxidation sites excluding steroid dienone is 18. The van der Waals surface area contributed by atoms with Crippen molar-refractivity contribution in [3.63, 3.8) is 0 Å². The van der Waals surface area contributed by atoms with Gasteiger partial charge in [-0.2, -0.15) is 0 Å². The van der Waals surface area contributed by atoms with Gasteiger partial charge in [0, 0.05) is 19.3 Å². The Balaban J connectivity index is 4.42. The van der Waals surface area contributed by atoms with Gasteiger partial charge in [-0.3, -0.25) is 14.4 Å². The maximum Gasteiger partial charge on any atom is 0.306 e. The van der Waals surface area contributed by atoms with Crippen molar-refractivity contribution < 1.29 is 28.6 Å². The topological polar surface area (TPSA) is 78.9 Å². The first kappa shape index (κ1) is 67.1. The van der Waals surface area contributed by atoms with Crippen molar-refractivity contribution in [2.45, 2.75) is 271 Å². The number of hydrogen-bond donors (Lipinski definition) is 0. The maximum atomic E-state index is 12.8. The predicted octanol–water partition coefficient (Wildman–Crippen LogP) is 19.9. The molecule has 0 saturated carbocycles. The number of carbonyl (C=O) groups is 3. The lowest BCUT2D eigenvalue weighted by Gasteiger charge is -2.18. The quantitative estimate of drug-likeness (QED) is 0.0261. The summed E-state index contributed by atoms with van der Waals surface area (Å²) in [7, 11) is 0. The Hall–Kier alpha value is -3.93. The van der Waals surface area contributed by atoms with Crippen LogP contribution < -0.4 is 0 Å². The van der Waals surface area contributed by atoms with E-state index in [-0.39, 0.29) is 31.1 Å². The molecule has 0 aromatic carbocycles. The van der Waals surface area contributed by atoms with Gasteiger partial charge in [0.05, 0.1) is 0 Å². The molecule has 71 heavy (non-hydrogen) atoms. The van der Waals surface area contributed by atoms with Gasteiger partial charge in [0.2, 0.25) is 0 Å². The van der Waals surface area contributed by atoms with E-state index in [0.717, 1.165) is 135 Å². The van der Waals surface area contributed by atoms with E-state index in [1.807, 2.05) is 0 Å². The lowest BCUT2D eigenvalue weighted by atomic mass is 10.0. The zero-order chi connectivity index (χ0) is 51.4. The molecule has 6 heteroatoms. The summed E-state index contributed by atoms with van der Waals surface area (Å²) in [6.07, 6.45) is 79.3. The van der Waals surface area contributed by atoms with Crippen LogP contribution in [0.15, 0.2) is 109 Å². The SMILES string of the molecule is CC/C=C\C/C=C\C/C=C\C/C=C\C/C=C\C/C=C\C/C=C\CCCCCC(=O)OCC(COC(=O)CCCCCCCCCCCCCCCC)OC(=O)CCCCCCC/C=C\C/C=C\CCCC. The summed E-state index contributed by atoms with van der Waals surface area (Å²) in [6.45, 7) is 6.45. The number of rotatable bonds is 52. The van der Waals surface area contributed by atoms with Gasteiger partial charge in [-0.05, 0) is 103 Å². The van der Waals surface area contributed by atoms with Crippen LogP contribution in [-0.2, 0) is 28.6 Å². The molecular formula is C65H108O6. The predicted molar refractivity (Wildman–Crippen MR) is 307 cm³/mol. The van der Waals surface area contributed by atoms with Crippen LogP contribution in [0.5, 0.6) is 0 Å². The van der Waals surface area contributed by atoms with Gasteiger partial charge >= 0.3 is 17.9 Å². The van der Waals surface area contributed by atoms with Crippen molar-refractivity contribution in [2.24, 2.45) is 0 Å². The van der Waals surface area contributed by atoms with Crippen LogP contribution in [0.25, 0.3) is 0 Å². The molecule has 0 aliphatic heterocycles. The summed E-state index contributed by atoms with van der Waals surface area (Å²) in [5.41, 5.74) is 0. The minimum Gasteiger partial charge on any atom is -0.462 e. The van der Waals surface area contributed by atoms with E-state index in [4.69, 9.17) is 14.2 Å². The lowest BCUT2D eigenvalue weighted by Crippen LogP contribution is -2.30. The van der Waals surface area contributed by atoms with Crippen molar-refractivity contribution in [2.75, 3.05) is 13.2 Å². The fourth-order valence-electron chi connectivity index (χ4n) is 7.85. The molecule has 0 N–H and O–H groups in total. The van der Waals surface area contributed by atoms with Crippen LogP contribution in [0.3, 0.4) is 0 Å². The molecule has 0 rings (SSSR count). The first-order valence-corrected chi connectivity index (χ1v) is 29.4. The van der Waals surface area contributed by atoms with E-state index < -0.39 is 6.10 Å². The Kier molecular flexibility index (Phi) is 55.4. The maximum absolute atomic E-state index is 12.8. The summed E-state index contributed by atoms with van der Waals surface area (Å²) in [5.74, 6) is -0.940. The van der Waals surface area contributed by atoms with Gasteiger partial charge in [0.1, 0.15) is 13.2 Å². The average molecular weight is 986 g/mol. The molecule has 0 amide bonds. The largest absolute Gasteiger partial charge is 0.462 e. The van der Waals surface area contributed by atoms with E-state index in [0.29, 0.717) is 19.3 Å². The van der Waals surface area contributed by atoms with Gasteiger partial charge < -0.3 is 14.2 Å². The van der Waals surface area contributed by atoms with Crippen molar-refractivity contribution >= 4 is 17.9 Å². The van der Waals surface area contributed by atoms with Crippen LogP contribution in [-0.4, -0.2) is 37.2 Å². The molecular weight excluding hydrogens is 877 g/mol. The summed E-state index contributed by atoms with van der Waals surface area (Å²) >= 11 is 0. The zero-order valence-corrected chi connectivity index (χ0v) is 46.2. The molecule has 0 fully saturated rings.